The molecule has 0 unspecified atom stereocenters. The number of benzene rings is 3. The Labute approximate surface area is 258 Å². The van der Waals surface area contributed by atoms with Gasteiger partial charge in [-0.3, -0.25) is 18.7 Å². The minimum absolute atomic E-state index is 0.0443. The highest BCUT2D eigenvalue weighted by molar-refractivity contribution is 7.89. The maximum absolute atomic E-state index is 14.4. The quantitative estimate of drug-likeness (QED) is 0.0997. The van der Waals surface area contributed by atoms with Crippen molar-refractivity contribution in [3.05, 3.63) is 90.5 Å². The lowest BCUT2D eigenvalue weighted by atomic mass is 10.2. The van der Waals surface area contributed by atoms with E-state index < -0.39 is 47.0 Å². The molecule has 0 heterocycles. The predicted octanol–water partition coefficient (Wildman–Crippen LogP) is 6.76. The van der Waals surface area contributed by atoms with E-state index in [-0.39, 0.29) is 28.1 Å². The number of rotatable bonds is 15. The first kappa shape index (κ1) is 34.7. The van der Waals surface area contributed by atoms with Crippen LogP contribution in [0.2, 0.25) is 0 Å². The predicted molar refractivity (Wildman–Crippen MR) is 164 cm³/mol. The topological polar surface area (TPSA) is 132 Å². The van der Waals surface area contributed by atoms with Crippen LogP contribution in [0.15, 0.2) is 89.8 Å². The third kappa shape index (κ3) is 8.90. The molecule has 3 aromatic rings. The Balaban J connectivity index is 2.17. The van der Waals surface area contributed by atoms with Crippen LogP contribution in [0.1, 0.15) is 47.1 Å². The Morgan fingerprint density at radius 1 is 0.818 bits per heavy atom. The molecule has 0 saturated heterocycles. The van der Waals surface area contributed by atoms with E-state index in [0.717, 1.165) is 5.56 Å². The minimum Gasteiger partial charge on any atom is -0.456 e. The number of hydrogen-bond donors (Lipinski definition) is 0. The average Bonchev–Trinajstić information content (AvgIpc) is 2.96. The maximum atomic E-state index is 14.4. The van der Waals surface area contributed by atoms with E-state index in [1.165, 1.54) is 50.8 Å². The molecule has 238 valence electrons. The first-order valence-electron chi connectivity index (χ1n) is 13.9. The van der Waals surface area contributed by atoms with Crippen LogP contribution in [-0.2, 0) is 39.8 Å². The van der Waals surface area contributed by atoms with Crippen LogP contribution in [0.25, 0.3) is 0 Å². The van der Waals surface area contributed by atoms with Crippen molar-refractivity contribution in [2.24, 2.45) is 0 Å². The lowest BCUT2D eigenvalue weighted by Crippen LogP contribution is -2.49. The van der Waals surface area contributed by atoms with Gasteiger partial charge in [-0.2, -0.15) is 0 Å². The largest absolute Gasteiger partial charge is 0.456 e. The molecule has 3 rings (SSSR count). The Kier molecular flexibility index (Phi) is 12.1. The summed E-state index contributed by atoms with van der Waals surface area (Å²) in [4.78, 5) is 32.6. The molecular formula is C30H38N3O9PS. The van der Waals surface area contributed by atoms with Gasteiger partial charge in [0.1, 0.15) is 16.4 Å². The number of nitrogens with zero attached hydrogens (tertiary/aromatic N) is 3. The van der Waals surface area contributed by atoms with Crippen molar-refractivity contribution in [3.8, 4) is 11.5 Å². The van der Waals surface area contributed by atoms with Gasteiger partial charge in [-0.15, -0.1) is 4.78 Å². The van der Waals surface area contributed by atoms with Gasteiger partial charge in [0, 0.05) is 12.6 Å². The fourth-order valence-corrected chi connectivity index (χ4v) is 7.25. The van der Waals surface area contributed by atoms with Crippen molar-refractivity contribution >= 4 is 30.3 Å². The second-order valence-corrected chi connectivity index (χ2v) is 13.8. The molecule has 2 amide bonds. The van der Waals surface area contributed by atoms with Gasteiger partial charge in [0.25, 0.3) is 10.0 Å². The SMILES string of the molecule is CC(C)OP(=O)(OC(C)C)N(C=O)N(OC(=O)N(Cc1ccccc1)C(C)C)S(=O)(=O)c1ccccc1Oc1ccccc1. The van der Waals surface area contributed by atoms with E-state index in [9.17, 15) is 22.6 Å². The molecule has 0 N–H and O–H groups in total. The molecule has 0 radical (unpaired) electrons. The van der Waals surface area contributed by atoms with Crippen LogP contribution in [0.3, 0.4) is 0 Å². The van der Waals surface area contributed by atoms with Crippen LogP contribution < -0.4 is 4.74 Å². The summed E-state index contributed by atoms with van der Waals surface area (Å²) in [5.41, 5.74) is 0.735. The van der Waals surface area contributed by atoms with E-state index >= 15 is 0 Å². The second-order valence-electron chi connectivity index (χ2n) is 10.3. The summed E-state index contributed by atoms with van der Waals surface area (Å²) in [5.74, 6) is 0.164. The summed E-state index contributed by atoms with van der Waals surface area (Å²) < 4.78 is 59.8. The van der Waals surface area contributed by atoms with Gasteiger partial charge in [-0.05, 0) is 71.4 Å². The normalized spacial score (nSPS) is 12.0. The Morgan fingerprint density at radius 3 is 1.86 bits per heavy atom. The summed E-state index contributed by atoms with van der Waals surface area (Å²) in [6, 6.07) is 22.4. The summed E-state index contributed by atoms with van der Waals surface area (Å²) in [5, 5.41) is 0. The highest BCUT2D eigenvalue weighted by Crippen LogP contribution is 2.55. The molecular weight excluding hydrogens is 609 g/mol. The van der Waals surface area contributed by atoms with E-state index in [4.69, 9.17) is 18.6 Å². The van der Waals surface area contributed by atoms with Crippen LogP contribution in [-0.4, -0.2) is 53.4 Å². The van der Waals surface area contributed by atoms with E-state index in [2.05, 4.69) is 0 Å². The van der Waals surface area contributed by atoms with E-state index in [1.807, 2.05) is 6.07 Å². The van der Waals surface area contributed by atoms with E-state index in [1.54, 1.807) is 74.5 Å². The Hall–Kier alpha value is -3.74. The zero-order valence-corrected chi connectivity index (χ0v) is 27.2. The molecule has 0 spiro atoms. The number of hydrazine groups is 1. The fraction of sp³-hybridized carbons (Fsp3) is 0.333. The molecule has 0 aliphatic heterocycles. The number of ether oxygens (including phenoxy) is 1. The summed E-state index contributed by atoms with van der Waals surface area (Å²) in [6.07, 6.45) is -2.82. The van der Waals surface area contributed by atoms with Gasteiger partial charge in [-0.25, -0.2) is 17.8 Å². The zero-order chi connectivity index (χ0) is 32.5. The minimum atomic E-state index is -5.04. The zero-order valence-electron chi connectivity index (χ0n) is 25.5. The van der Waals surface area contributed by atoms with Crippen molar-refractivity contribution < 1.29 is 41.2 Å². The fourth-order valence-electron chi connectivity index (χ4n) is 3.85. The van der Waals surface area contributed by atoms with Crippen molar-refractivity contribution in [1.29, 1.82) is 0 Å². The molecule has 44 heavy (non-hydrogen) atoms. The highest BCUT2D eigenvalue weighted by atomic mass is 32.2. The third-order valence-electron chi connectivity index (χ3n) is 5.71. The first-order valence-corrected chi connectivity index (χ1v) is 16.8. The molecule has 0 aliphatic carbocycles. The van der Waals surface area contributed by atoms with Crippen molar-refractivity contribution in [2.45, 2.75) is 71.2 Å². The van der Waals surface area contributed by atoms with Gasteiger partial charge in [0.15, 0.2) is 0 Å². The Bertz CT molecular complexity index is 1520. The van der Waals surface area contributed by atoms with Crippen molar-refractivity contribution in [3.63, 3.8) is 0 Å². The van der Waals surface area contributed by atoms with Crippen molar-refractivity contribution in [1.82, 2.24) is 14.3 Å². The van der Waals surface area contributed by atoms with Crippen LogP contribution in [0, 0.1) is 0 Å². The number of carbonyl (C=O) groups excluding carboxylic acids is 2. The van der Waals surface area contributed by atoms with Gasteiger partial charge in [0.05, 0.1) is 16.8 Å². The first-order chi connectivity index (χ1) is 20.8. The molecule has 3 aromatic carbocycles. The van der Waals surface area contributed by atoms with Crippen LogP contribution in [0.5, 0.6) is 11.5 Å². The molecule has 0 saturated carbocycles. The molecule has 0 aromatic heterocycles. The second kappa shape index (κ2) is 15.3. The maximum Gasteiger partial charge on any atom is 0.455 e. The van der Waals surface area contributed by atoms with Gasteiger partial charge in [-0.1, -0.05) is 60.7 Å². The van der Waals surface area contributed by atoms with Gasteiger partial charge in [0.2, 0.25) is 6.41 Å². The Morgan fingerprint density at radius 2 is 1.34 bits per heavy atom. The number of amides is 2. The number of para-hydroxylation sites is 2. The van der Waals surface area contributed by atoms with Crippen LogP contribution >= 0.6 is 7.75 Å². The third-order valence-corrected chi connectivity index (χ3v) is 9.52. The lowest BCUT2D eigenvalue weighted by Gasteiger charge is -2.36. The molecule has 0 fully saturated rings. The molecule has 14 heteroatoms. The average molecular weight is 648 g/mol. The number of sulfonamides is 1. The smallest absolute Gasteiger partial charge is 0.455 e. The molecule has 0 bridgehead atoms. The summed E-state index contributed by atoms with van der Waals surface area (Å²) >= 11 is 0. The number of carbonyl (C=O) groups is 2. The molecule has 12 nitrogen and oxygen atoms in total. The lowest BCUT2D eigenvalue weighted by molar-refractivity contribution is -0.162. The van der Waals surface area contributed by atoms with Crippen LogP contribution in [0.4, 0.5) is 4.79 Å². The summed E-state index contributed by atoms with van der Waals surface area (Å²) in [7, 11) is -9.84. The summed E-state index contributed by atoms with van der Waals surface area (Å²) in [6.45, 7) is 9.54. The monoisotopic (exact) mass is 647 g/mol. The standard InChI is InChI=1S/C30H38N3O9PS/c1-23(2)31(21-26-15-9-7-10-16-26)30(35)40-33(32(22-34)43(36,41-24(3)4)42-25(5)6)44(37,38)29-20-14-13-19-28(29)39-27-17-11-8-12-18-27/h7-20,22-25H,21H2,1-6H3. The molecule has 0 aliphatic rings. The van der Waals surface area contributed by atoms with Gasteiger partial charge < -0.3 is 9.57 Å². The van der Waals surface area contributed by atoms with E-state index in [0.29, 0.717) is 5.75 Å². The highest BCUT2D eigenvalue weighted by Gasteiger charge is 2.48. The number of hydrogen-bond acceptors (Lipinski definition) is 9. The van der Waals surface area contributed by atoms with Crippen molar-refractivity contribution in [2.75, 3.05) is 0 Å². The molecule has 0 atom stereocenters. The van der Waals surface area contributed by atoms with Gasteiger partial charge >= 0.3 is 13.8 Å².